The monoisotopic (exact) mass is 495 g/mol. The maximum atomic E-state index is 14.2. The first-order chi connectivity index (χ1) is 16.5. The van der Waals surface area contributed by atoms with Gasteiger partial charge in [-0.3, -0.25) is 4.98 Å². The minimum atomic E-state index is -3.90. The molecular formula is C24H22FN5O2S2. The van der Waals surface area contributed by atoms with Crippen molar-refractivity contribution in [2.75, 3.05) is 31.1 Å². The van der Waals surface area contributed by atoms with Crippen LogP contribution in [0.15, 0.2) is 53.7 Å². The smallest absolute Gasteiger partial charge is 0.246 e. The zero-order valence-corrected chi connectivity index (χ0v) is 19.9. The number of sulfonamides is 1. The van der Waals surface area contributed by atoms with Crippen LogP contribution < -0.4 is 4.90 Å². The van der Waals surface area contributed by atoms with Crippen LogP contribution in [0.3, 0.4) is 0 Å². The number of nitrogens with zero attached hydrogens (tertiary/aromatic N) is 5. The minimum absolute atomic E-state index is 0.261. The first-order valence-corrected chi connectivity index (χ1v) is 13.5. The van der Waals surface area contributed by atoms with E-state index in [0.29, 0.717) is 18.9 Å². The minimum Gasteiger partial charge on any atom is -0.353 e. The molecule has 0 unspecified atom stereocenters. The topological polar surface area (TPSA) is 79.3 Å². The quantitative estimate of drug-likeness (QED) is 0.427. The largest absolute Gasteiger partial charge is 0.353 e. The third-order valence-electron chi connectivity index (χ3n) is 6.46. The first kappa shape index (κ1) is 21.6. The van der Waals surface area contributed by atoms with Gasteiger partial charge in [0.2, 0.25) is 10.0 Å². The van der Waals surface area contributed by atoms with Crippen molar-refractivity contribution in [3.63, 3.8) is 0 Å². The van der Waals surface area contributed by atoms with Crippen LogP contribution in [0.2, 0.25) is 0 Å². The highest BCUT2D eigenvalue weighted by Gasteiger charge is 2.32. The third kappa shape index (κ3) is 3.57. The number of hydrogen-bond acceptors (Lipinski definition) is 7. The molecule has 0 N–H and O–H groups in total. The summed E-state index contributed by atoms with van der Waals surface area (Å²) in [6.45, 7) is 1.46. The second kappa shape index (κ2) is 8.37. The fraction of sp³-hybridized carbons (Fsp3) is 0.292. The van der Waals surface area contributed by atoms with Crippen LogP contribution in [0.4, 0.5) is 10.2 Å². The van der Waals surface area contributed by atoms with Gasteiger partial charge in [-0.1, -0.05) is 12.1 Å². The van der Waals surface area contributed by atoms with Gasteiger partial charge in [0.15, 0.2) is 5.82 Å². The van der Waals surface area contributed by atoms with Crippen molar-refractivity contribution in [2.45, 2.75) is 24.2 Å². The standard InChI is InChI=1S/C24H22FN5O2S2/c25-18-7-1-2-9-20(18)34(31,32)30-13-11-29(12-14-30)23-21-17-6-3-8-19(17)33-24(21)28-22(27-23)16-5-4-10-26-15-16/h1-2,4-5,7,9-10,15H,3,6,8,11-14H2. The van der Waals surface area contributed by atoms with E-state index in [4.69, 9.17) is 9.97 Å². The van der Waals surface area contributed by atoms with Gasteiger partial charge in [0.25, 0.3) is 0 Å². The maximum Gasteiger partial charge on any atom is 0.246 e. The summed E-state index contributed by atoms with van der Waals surface area (Å²) >= 11 is 1.73. The Morgan fingerprint density at radius 2 is 1.79 bits per heavy atom. The number of aromatic nitrogens is 3. The van der Waals surface area contributed by atoms with Crippen LogP contribution in [-0.4, -0.2) is 53.9 Å². The van der Waals surface area contributed by atoms with E-state index >= 15 is 0 Å². The molecule has 0 spiro atoms. The van der Waals surface area contributed by atoms with E-state index in [1.54, 1.807) is 29.8 Å². The molecule has 3 aromatic heterocycles. The Morgan fingerprint density at radius 1 is 0.971 bits per heavy atom. The van der Waals surface area contributed by atoms with Gasteiger partial charge in [-0.25, -0.2) is 22.8 Å². The van der Waals surface area contributed by atoms with Crippen LogP contribution in [-0.2, 0) is 22.9 Å². The summed E-state index contributed by atoms with van der Waals surface area (Å²) < 4.78 is 41.7. The number of rotatable bonds is 4. The molecular weight excluding hydrogens is 473 g/mol. The summed E-state index contributed by atoms with van der Waals surface area (Å²) in [5, 5.41) is 1.09. The van der Waals surface area contributed by atoms with Crippen LogP contribution in [0, 0.1) is 5.82 Å². The number of benzene rings is 1. The van der Waals surface area contributed by atoms with E-state index in [0.717, 1.165) is 40.9 Å². The van der Waals surface area contributed by atoms with Gasteiger partial charge >= 0.3 is 0 Å². The highest BCUT2D eigenvalue weighted by atomic mass is 32.2. The van der Waals surface area contributed by atoms with Gasteiger partial charge in [-0.05, 0) is 49.1 Å². The summed E-state index contributed by atoms with van der Waals surface area (Å²) in [6.07, 6.45) is 6.69. The van der Waals surface area contributed by atoms with Crippen molar-refractivity contribution >= 4 is 37.4 Å². The van der Waals surface area contributed by atoms with Gasteiger partial charge in [0.1, 0.15) is 21.4 Å². The van der Waals surface area contributed by atoms with Gasteiger partial charge < -0.3 is 4.90 Å². The van der Waals surface area contributed by atoms with E-state index in [2.05, 4.69) is 9.88 Å². The fourth-order valence-electron chi connectivity index (χ4n) is 4.76. The molecule has 0 amide bonds. The van der Waals surface area contributed by atoms with Crippen LogP contribution in [0.1, 0.15) is 16.9 Å². The molecule has 4 heterocycles. The molecule has 6 rings (SSSR count). The highest BCUT2D eigenvalue weighted by molar-refractivity contribution is 7.89. The lowest BCUT2D eigenvalue weighted by Crippen LogP contribution is -2.49. The Labute approximate surface area is 201 Å². The molecule has 2 aliphatic rings. The number of pyridine rings is 1. The zero-order chi connectivity index (χ0) is 23.3. The average molecular weight is 496 g/mol. The molecule has 174 valence electrons. The summed E-state index contributed by atoms with van der Waals surface area (Å²) in [4.78, 5) is 18.2. The second-order valence-electron chi connectivity index (χ2n) is 8.47. The number of thiophene rings is 1. The average Bonchev–Trinajstić information content (AvgIpc) is 3.45. The lowest BCUT2D eigenvalue weighted by Gasteiger charge is -2.35. The van der Waals surface area contributed by atoms with Gasteiger partial charge in [0, 0.05) is 49.0 Å². The van der Waals surface area contributed by atoms with E-state index in [1.807, 2.05) is 12.1 Å². The summed E-state index contributed by atoms with van der Waals surface area (Å²) in [6, 6.07) is 9.34. The van der Waals surface area contributed by atoms with Crippen molar-refractivity contribution in [2.24, 2.45) is 0 Å². The molecule has 0 radical (unpaired) electrons. The summed E-state index contributed by atoms with van der Waals surface area (Å²) in [5.74, 6) is 0.750. The zero-order valence-electron chi connectivity index (χ0n) is 18.3. The van der Waals surface area contributed by atoms with Gasteiger partial charge in [0.05, 0.1) is 5.39 Å². The van der Waals surface area contributed by atoms with Crippen LogP contribution in [0.5, 0.6) is 0 Å². The molecule has 0 saturated carbocycles. The molecule has 34 heavy (non-hydrogen) atoms. The van der Waals surface area contributed by atoms with Crippen molar-refractivity contribution in [3.8, 4) is 11.4 Å². The van der Waals surface area contributed by atoms with E-state index < -0.39 is 15.8 Å². The molecule has 1 aromatic carbocycles. The van der Waals surface area contributed by atoms with Crippen LogP contribution in [0.25, 0.3) is 21.6 Å². The second-order valence-corrected chi connectivity index (χ2v) is 11.5. The van der Waals surface area contributed by atoms with Crippen molar-refractivity contribution in [1.29, 1.82) is 0 Å². The maximum absolute atomic E-state index is 14.2. The van der Waals surface area contributed by atoms with Crippen molar-refractivity contribution in [1.82, 2.24) is 19.3 Å². The molecule has 0 atom stereocenters. The molecule has 1 aliphatic carbocycles. The molecule has 1 saturated heterocycles. The van der Waals surface area contributed by atoms with Gasteiger partial charge in [-0.15, -0.1) is 11.3 Å². The Morgan fingerprint density at radius 3 is 2.56 bits per heavy atom. The molecule has 1 aliphatic heterocycles. The molecule has 1 fully saturated rings. The summed E-state index contributed by atoms with van der Waals surface area (Å²) in [7, 11) is -3.90. The number of piperazine rings is 1. The predicted octanol–water partition coefficient (Wildman–Crippen LogP) is 3.89. The fourth-order valence-corrected chi connectivity index (χ4v) is 7.51. The first-order valence-electron chi connectivity index (χ1n) is 11.2. The Kier molecular flexibility index (Phi) is 5.31. The number of halogens is 1. The number of aryl methyl sites for hydroxylation is 2. The van der Waals surface area contributed by atoms with Crippen molar-refractivity contribution < 1.29 is 12.8 Å². The van der Waals surface area contributed by atoms with E-state index in [1.165, 1.54) is 32.9 Å². The molecule has 4 aromatic rings. The van der Waals surface area contributed by atoms with Crippen molar-refractivity contribution in [3.05, 3.63) is 65.0 Å². The Hall–Kier alpha value is -2.95. The van der Waals surface area contributed by atoms with Crippen LogP contribution >= 0.6 is 11.3 Å². The molecule has 7 nitrogen and oxygen atoms in total. The third-order valence-corrected chi connectivity index (χ3v) is 9.58. The molecule has 10 heteroatoms. The molecule has 0 bridgehead atoms. The Balaban J connectivity index is 1.36. The van der Waals surface area contributed by atoms with E-state index in [9.17, 15) is 12.8 Å². The SMILES string of the molecule is O=S(=O)(c1ccccc1F)N1CCN(c2nc(-c3cccnc3)nc3sc4c(c23)CCC4)CC1. The number of fused-ring (bicyclic) bond motifs is 3. The Bertz CT molecular complexity index is 1480. The predicted molar refractivity (Wildman–Crippen MR) is 130 cm³/mol. The normalized spacial score (nSPS) is 16.8. The van der Waals surface area contributed by atoms with E-state index in [-0.39, 0.29) is 18.0 Å². The number of hydrogen-bond donors (Lipinski definition) is 0. The lowest BCUT2D eigenvalue weighted by molar-refractivity contribution is 0.381. The lowest BCUT2D eigenvalue weighted by atomic mass is 10.1. The highest BCUT2D eigenvalue weighted by Crippen LogP contribution is 2.41. The summed E-state index contributed by atoms with van der Waals surface area (Å²) in [5.41, 5.74) is 2.18. The van der Waals surface area contributed by atoms with Gasteiger partial charge in [-0.2, -0.15) is 4.31 Å². The number of anilines is 1.